The lowest BCUT2D eigenvalue weighted by atomic mass is 9.95. The van der Waals surface area contributed by atoms with Crippen molar-refractivity contribution in [3.05, 3.63) is 33.5 Å². The van der Waals surface area contributed by atoms with Gasteiger partial charge in [-0.1, -0.05) is 6.07 Å². The highest BCUT2D eigenvalue weighted by molar-refractivity contribution is 7.94. The average Bonchev–Trinajstić information content (AvgIpc) is 3.14. The van der Waals surface area contributed by atoms with Crippen LogP contribution in [0.3, 0.4) is 0 Å². The number of anilines is 1. The molecular formula is C15H17NO4S3. The van der Waals surface area contributed by atoms with Gasteiger partial charge in [-0.15, -0.1) is 22.7 Å². The molecule has 0 bridgehead atoms. The van der Waals surface area contributed by atoms with Crippen LogP contribution in [0.1, 0.15) is 40.6 Å². The fraction of sp³-hybridized carbons (Fsp3) is 0.400. The fourth-order valence-corrected chi connectivity index (χ4v) is 6.22. The van der Waals surface area contributed by atoms with Gasteiger partial charge in [0.25, 0.3) is 10.0 Å². The highest BCUT2D eigenvalue weighted by atomic mass is 32.2. The fourth-order valence-electron chi connectivity index (χ4n) is 2.65. The van der Waals surface area contributed by atoms with E-state index in [4.69, 9.17) is 4.74 Å². The molecule has 0 saturated heterocycles. The molecule has 3 rings (SSSR count). The van der Waals surface area contributed by atoms with E-state index in [0.29, 0.717) is 10.6 Å². The zero-order valence-electron chi connectivity index (χ0n) is 12.6. The largest absolute Gasteiger partial charge is 0.462 e. The molecule has 1 aliphatic rings. The molecule has 2 aromatic heterocycles. The minimum absolute atomic E-state index is 0.235. The van der Waals surface area contributed by atoms with Crippen LogP contribution in [-0.4, -0.2) is 21.0 Å². The van der Waals surface area contributed by atoms with Crippen LogP contribution in [0.5, 0.6) is 0 Å². The molecule has 0 atom stereocenters. The monoisotopic (exact) mass is 371 g/mol. The summed E-state index contributed by atoms with van der Waals surface area (Å²) in [7, 11) is -3.67. The summed E-state index contributed by atoms with van der Waals surface area (Å²) in [6, 6.07) is 3.23. The van der Waals surface area contributed by atoms with E-state index in [1.54, 1.807) is 24.4 Å². The summed E-state index contributed by atoms with van der Waals surface area (Å²) in [6.07, 6.45) is 3.74. The third-order valence-electron chi connectivity index (χ3n) is 3.64. The molecule has 0 saturated carbocycles. The minimum Gasteiger partial charge on any atom is -0.462 e. The first-order valence-electron chi connectivity index (χ1n) is 7.41. The number of hydrogen-bond donors (Lipinski definition) is 1. The molecule has 0 fully saturated rings. The highest BCUT2D eigenvalue weighted by Gasteiger charge is 2.29. The van der Waals surface area contributed by atoms with E-state index in [2.05, 4.69) is 4.72 Å². The Bertz CT molecular complexity index is 806. The van der Waals surface area contributed by atoms with Crippen molar-refractivity contribution in [2.75, 3.05) is 11.3 Å². The summed E-state index contributed by atoms with van der Waals surface area (Å²) in [6.45, 7) is 2.01. The molecule has 0 unspecified atom stereocenters. The van der Waals surface area contributed by atoms with Crippen LogP contribution in [0.25, 0.3) is 0 Å². The Morgan fingerprint density at radius 1 is 1.35 bits per heavy atom. The second-order valence-corrected chi connectivity index (χ2v) is 9.14. The molecule has 23 heavy (non-hydrogen) atoms. The highest BCUT2D eigenvalue weighted by Crippen LogP contribution is 2.39. The van der Waals surface area contributed by atoms with Crippen molar-refractivity contribution < 1.29 is 17.9 Å². The van der Waals surface area contributed by atoms with Gasteiger partial charge in [0.1, 0.15) is 9.21 Å². The maximum atomic E-state index is 12.5. The molecule has 2 aromatic rings. The van der Waals surface area contributed by atoms with E-state index in [-0.39, 0.29) is 10.8 Å². The summed E-state index contributed by atoms with van der Waals surface area (Å²) < 4.78 is 32.9. The molecule has 8 heteroatoms. The molecule has 0 aromatic carbocycles. The smallest absolute Gasteiger partial charge is 0.341 e. The van der Waals surface area contributed by atoms with E-state index in [1.807, 2.05) is 0 Å². The zero-order chi connectivity index (χ0) is 16.4. The van der Waals surface area contributed by atoms with Crippen LogP contribution >= 0.6 is 22.7 Å². The Morgan fingerprint density at radius 3 is 2.83 bits per heavy atom. The summed E-state index contributed by atoms with van der Waals surface area (Å²) >= 11 is 2.50. The predicted molar refractivity (Wildman–Crippen MR) is 92.0 cm³/mol. The van der Waals surface area contributed by atoms with Crippen molar-refractivity contribution in [3.8, 4) is 0 Å². The van der Waals surface area contributed by atoms with Crippen LogP contribution < -0.4 is 4.72 Å². The van der Waals surface area contributed by atoms with Crippen LogP contribution in [0.15, 0.2) is 21.7 Å². The van der Waals surface area contributed by atoms with Gasteiger partial charge >= 0.3 is 5.97 Å². The van der Waals surface area contributed by atoms with E-state index >= 15 is 0 Å². The van der Waals surface area contributed by atoms with Crippen molar-refractivity contribution in [1.82, 2.24) is 0 Å². The number of carbonyl (C=O) groups is 1. The first kappa shape index (κ1) is 16.5. The second kappa shape index (κ2) is 6.62. The van der Waals surface area contributed by atoms with Gasteiger partial charge < -0.3 is 4.74 Å². The summed E-state index contributed by atoms with van der Waals surface area (Å²) in [5.41, 5.74) is 1.34. The van der Waals surface area contributed by atoms with Gasteiger partial charge in [0, 0.05) is 4.88 Å². The van der Waals surface area contributed by atoms with Crippen molar-refractivity contribution in [1.29, 1.82) is 0 Å². The minimum atomic E-state index is -3.67. The normalized spacial score (nSPS) is 14.3. The number of aryl methyl sites for hydroxylation is 1. The molecule has 0 spiro atoms. The quantitative estimate of drug-likeness (QED) is 0.814. The van der Waals surface area contributed by atoms with Crippen LogP contribution in [0, 0.1) is 0 Å². The Balaban J connectivity index is 2.01. The summed E-state index contributed by atoms with van der Waals surface area (Å²) in [4.78, 5) is 13.4. The topological polar surface area (TPSA) is 72.5 Å². The first-order valence-corrected chi connectivity index (χ1v) is 10.6. The predicted octanol–water partition coefficient (Wildman–Crippen LogP) is 3.67. The molecular weight excluding hydrogens is 354 g/mol. The second-order valence-electron chi connectivity index (χ2n) is 5.17. The number of thiophene rings is 2. The number of carbonyl (C=O) groups excluding carboxylic acids is 1. The third-order valence-corrected chi connectivity index (χ3v) is 7.72. The summed E-state index contributed by atoms with van der Waals surface area (Å²) in [5, 5.41) is 2.09. The Morgan fingerprint density at radius 2 is 2.13 bits per heavy atom. The lowest BCUT2D eigenvalue weighted by Crippen LogP contribution is -2.15. The lowest BCUT2D eigenvalue weighted by molar-refractivity contribution is 0.0526. The molecule has 0 aliphatic heterocycles. The Hall–Kier alpha value is -1.38. The van der Waals surface area contributed by atoms with E-state index in [1.165, 1.54) is 11.3 Å². The van der Waals surface area contributed by atoms with E-state index in [0.717, 1.165) is 47.5 Å². The molecule has 2 heterocycles. The number of sulfonamides is 1. The number of esters is 1. The first-order chi connectivity index (χ1) is 11.0. The molecule has 0 radical (unpaired) electrons. The van der Waals surface area contributed by atoms with Gasteiger partial charge in [0.2, 0.25) is 0 Å². The van der Waals surface area contributed by atoms with Gasteiger partial charge in [-0.25, -0.2) is 13.2 Å². The molecule has 124 valence electrons. The van der Waals surface area contributed by atoms with Crippen LogP contribution in [-0.2, 0) is 27.6 Å². The zero-order valence-corrected chi connectivity index (χ0v) is 15.1. The Labute approximate surface area is 143 Å². The van der Waals surface area contributed by atoms with Gasteiger partial charge in [0.05, 0.1) is 12.2 Å². The number of ether oxygens (including phenoxy) is 1. The van der Waals surface area contributed by atoms with Crippen LogP contribution in [0.2, 0.25) is 0 Å². The standard InChI is InChI=1S/C15H17NO4S3/c1-2-20-15(17)13-10-6-3-4-7-11(10)22-14(13)16-23(18,19)12-8-5-9-21-12/h5,8-9,16H,2-4,6-7H2,1H3. The van der Waals surface area contributed by atoms with Crippen molar-refractivity contribution in [3.63, 3.8) is 0 Å². The van der Waals surface area contributed by atoms with Crippen molar-refractivity contribution in [2.24, 2.45) is 0 Å². The van der Waals surface area contributed by atoms with Crippen molar-refractivity contribution >= 4 is 43.7 Å². The maximum Gasteiger partial charge on any atom is 0.341 e. The average molecular weight is 372 g/mol. The van der Waals surface area contributed by atoms with Gasteiger partial charge in [0.15, 0.2) is 0 Å². The number of rotatable bonds is 5. The maximum absolute atomic E-state index is 12.5. The number of nitrogens with one attached hydrogen (secondary N) is 1. The molecule has 1 aliphatic carbocycles. The number of fused-ring (bicyclic) bond motifs is 1. The number of hydrogen-bond acceptors (Lipinski definition) is 6. The SMILES string of the molecule is CCOC(=O)c1c(NS(=O)(=O)c2cccs2)sc2c1CCCC2. The van der Waals surface area contributed by atoms with Gasteiger partial charge in [-0.05, 0) is 49.6 Å². The van der Waals surface area contributed by atoms with Gasteiger partial charge in [-0.2, -0.15) is 0 Å². The molecule has 0 amide bonds. The third kappa shape index (κ3) is 3.29. The lowest BCUT2D eigenvalue weighted by Gasteiger charge is -2.12. The van der Waals surface area contributed by atoms with Crippen LogP contribution in [0.4, 0.5) is 5.00 Å². The molecule has 1 N–H and O–H groups in total. The van der Waals surface area contributed by atoms with E-state index < -0.39 is 16.0 Å². The van der Waals surface area contributed by atoms with Gasteiger partial charge in [-0.3, -0.25) is 4.72 Å². The summed E-state index contributed by atoms with van der Waals surface area (Å²) in [5.74, 6) is -0.448. The van der Waals surface area contributed by atoms with Crippen molar-refractivity contribution in [2.45, 2.75) is 36.8 Å². The van der Waals surface area contributed by atoms with E-state index in [9.17, 15) is 13.2 Å². The Kier molecular flexibility index (Phi) is 4.74. The molecule has 5 nitrogen and oxygen atoms in total.